The molecule has 6 rings (SSSR count). The van der Waals surface area contributed by atoms with Crippen LogP contribution in [0.2, 0.25) is 0 Å². The van der Waals surface area contributed by atoms with Crippen molar-refractivity contribution in [2.75, 3.05) is 61.9 Å². The fourth-order valence-electron chi connectivity index (χ4n) is 5.30. The molecule has 6 heterocycles. The molecule has 4 aromatic rings. The Morgan fingerprint density at radius 2 is 1.95 bits per heavy atom. The molecule has 0 aliphatic carbocycles. The van der Waals surface area contributed by atoms with Crippen molar-refractivity contribution < 1.29 is 14.3 Å². The lowest BCUT2D eigenvalue weighted by atomic mass is 10.0. The number of nitrogens with one attached hydrogen (secondary N) is 2. The van der Waals surface area contributed by atoms with Crippen molar-refractivity contribution in [1.29, 1.82) is 0 Å². The van der Waals surface area contributed by atoms with Crippen LogP contribution in [-0.4, -0.2) is 87.0 Å². The average Bonchev–Trinajstić information content (AvgIpc) is 3.65. The van der Waals surface area contributed by atoms with E-state index in [4.69, 9.17) is 14.5 Å². The molecule has 37 heavy (non-hydrogen) atoms. The van der Waals surface area contributed by atoms with Crippen LogP contribution in [0.1, 0.15) is 10.4 Å². The van der Waals surface area contributed by atoms with Crippen molar-refractivity contribution in [3.63, 3.8) is 0 Å². The molecule has 0 saturated carbocycles. The minimum Gasteiger partial charge on any atom is -0.422 e. The predicted molar refractivity (Wildman–Crippen MR) is 138 cm³/mol. The average molecular weight is 504 g/mol. The van der Waals surface area contributed by atoms with Crippen LogP contribution in [0.5, 0.6) is 0 Å². The van der Waals surface area contributed by atoms with E-state index in [0.717, 1.165) is 31.7 Å². The van der Waals surface area contributed by atoms with Gasteiger partial charge in [0.15, 0.2) is 5.58 Å². The van der Waals surface area contributed by atoms with E-state index in [2.05, 4.69) is 42.5 Å². The molecule has 3 N–H and O–H groups in total. The van der Waals surface area contributed by atoms with Gasteiger partial charge in [-0.25, -0.2) is 9.97 Å². The van der Waals surface area contributed by atoms with E-state index in [1.165, 1.54) is 0 Å². The van der Waals surface area contributed by atoms with Crippen molar-refractivity contribution in [1.82, 2.24) is 29.6 Å². The number of hydrogen-bond donors (Lipinski definition) is 3. The zero-order valence-electron chi connectivity index (χ0n) is 20.8. The highest BCUT2D eigenvalue weighted by molar-refractivity contribution is 6.08. The van der Waals surface area contributed by atoms with Crippen LogP contribution in [0.4, 0.5) is 17.7 Å². The van der Waals surface area contributed by atoms with Gasteiger partial charge in [0.1, 0.15) is 11.6 Å². The van der Waals surface area contributed by atoms with E-state index < -0.39 is 0 Å². The Morgan fingerprint density at radius 1 is 1.14 bits per heavy atom. The molecule has 0 bridgehead atoms. The molecule has 12 nitrogen and oxygen atoms in total. The fourth-order valence-corrected chi connectivity index (χ4v) is 5.30. The molecule has 192 valence electrons. The van der Waals surface area contributed by atoms with Crippen molar-refractivity contribution in [3.8, 4) is 11.3 Å². The highest BCUT2D eigenvalue weighted by Crippen LogP contribution is 2.35. The van der Waals surface area contributed by atoms with Crippen LogP contribution in [0.3, 0.4) is 0 Å². The SMILES string of the molecule is CN1CC2CN(c3nc4nc(NCCO)oc4cc3C(=O)Nc3cccc(-c4cnn(C)c4)n3)CC2C1. The third-order valence-electron chi connectivity index (χ3n) is 6.95. The molecular weight excluding hydrogens is 474 g/mol. The minimum atomic E-state index is -0.323. The lowest BCUT2D eigenvalue weighted by Gasteiger charge is -2.22. The van der Waals surface area contributed by atoms with Crippen LogP contribution in [0, 0.1) is 11.8 Å². The maximum absolute atomic E-state index is 13.6. The third-order valence-corrected chi connectivity index (χ3v) is 6.95. The molecule has 12 heteroatoms. The van der Waals surface area contributed by atoms with E-state index >= 15 is 0 Å². The highest BCUT2D eigenvalue weighted by atomic mass is 16.4. The van der Waals surface area contributed by atoms with Gasteiger partial charge >= 0.3 is 0 Å². The molecule has 2 atom stereocenters. The van der Waals surface area contributed by atoms with E-state index in [9.17, 15) is 4.79 Å². The lowest BCUT2D eigenvalue weighted by Crippen LogP contribution is -2.29. The molecule has 0 spiro atoms. The number of aliphatic hydroxyl groups is 1. The first-order valence-corrected chi connectivity index (χ1v) is 12.3. The zero-order chi connectivity index (χ0) is 25.5. The van der Waals surface area contributed by atoms with Crippen LogP contribution in [0.15, 0.2) is 41.1 Å². The number of hydrogen-bond acceptors (Lipinski definition) is 10. The standard InChI is InChI=1S/C25H29N9O3/c1-32-10-16-13-34(14-17(16)11-32)23-18(8-20-22(30-23)31-25(37-20)26-6-7-35)24(36)29-21-5-3-4-19(28-21)15-9-27-33(2)12-15/h3-5,8-9,12,16-17,35H,6-7,10-11,13-14H2,1-2H3,(H,26,30,31)(H,28,29,36). The number of nitrogens with zero attached hydrogens (tertiary/aromatic N) is 7. The topological polar surface area (TPSA) is 137 Å². The van der Waals surface area contributed by atoms with Gasteiger partial charge < -0.3 is 30.0 Å². The second-order valence-corrected chi connectivity index (χ2v) is 9.76. The number of aliphatic hydroxyl groups excluding tert-OH is 1. The summed E-state index contributed by atoms with van der Waals surface area (Å²) in [4.78, 5) is 31.9. The third kappa shape index (κ3) is 4.60. The molecule has 2 saturated heterocycles. The Bertz CT molecular complexity index is 1430. The zero-order valence-corrected chi connectivity index (χ0v) is 20.8. The number of fused-ring (bicyclic) bond motifs is 2. The largest absolute Gasteiger partial charge is 0.422 e. The second-order valence-electron chi connectivity index (χ2n) is 9.76. The number of carbonyl (C=O) groups excluding carboxylic acids is 1. The van der Waals surface area contributed by atoms with Gasteiger partial charge in [-0.1, -0.05) is 6.07 Å². The van der Waals surface area contributed by atoms with E-state index in [-0.39, 0.29) is 18.5 Å². The summed E-state index contributed by atoms with van der Waals surface area (Å²) < 4.78 is 7.48. The summed E-state index contributed by atoms with van der Waals surface area (Å²) in [5.74, 6) is 1.77. The number of pyridine rings is 2. The van der Waals surface area contributed by atoms with E-state index in [1.807, 2.05) is 25.4 Å². The van der Waals surface area contributed by atoms with Crippen LogP contribution >= 0.6 is 0 Å². The summed E-state index contributed by atoms with van der Waals surface area (Å²) in [5, 5.41) is 19.2. The molecule has 2 fully saturated rings. The van der Waals surface area contributed by atoms with Gasteiger partial charge in [0.2, 0.25) is 5.65 Å². The van der Waals surface area contributed by atoms with Gasteiger partial charge in [-0.15, -0.1) is 0 Å². The number of aryl methyl sites for hydroxylation is 1. The normalized spacial score (nSPS) is 19.5. The van der Waals surface area contributed by atoms with Crippen molar-refractivity contribution in [2.24, 2.45) is 18.9 Å². The predicted octanol–water partition coefficient (Wildman–Crippen LogP) is 1.67. The Morgan fingerprint density at radius 3 is 2.68 bits per heavy atom. The molecule has 2 unspecified atom stereocenters. The molecule has 0 radical (unpaired) electrons. The van der Waals surface area contributed by atoms with Gasteiger partial charge in [-0.2, -0.15) is 10.1 Å². The molecule has 2 aliphatic rings. The van der Waals surface area contributed by atoms with Gasteiger partial charge in [0.25, 0.3) is 11.9 Å². The Balaban J connectivity index is 1.32. The van der Waals surface area contributed by atoms with Crippen LogP contribution in [-0.2, 0) is 7.05 Å². The molecule has 2 aliphatic heterocycles. The first kappa shape index (κ1) is 23.4. The molecular formula is C25H29N9O3. The number of amides is 1. The van der Waals surface area contributed by atoms with E-state index in [0.29, 0.717) is 52.5 Å². The van der Waals surface area contributed by atoms with Crippen LogP contribution in [0.25, 0.3) is 22.5 Å². The second kappa shape index (κ2) is 9.45. The van der Waals surface area contributed by atoms with Crippen molar-refractivity contribution in [2.45, 2.75) is 0 Å². The monoisotopic (exact) mass is 503 g/mol. The molecule has 1 amide bonds. The maximum atomic E-state index is 13.6. The fraction of sp³-hybridized carbons (Fsp3) is 0.400. The van der Waals surface area contributed by atoms with E-state index in [1.54, 1.807) is 23.0 Å². The Hall–Kier alpha value is -4.03. The smallest absolute Gasteiger partial charge is 0.297 e. The summed E-state index contributed by atoms with van der Waals surface area (Å²) in [6.45, 7) is 3.98. The van der Waals surface area contributed by atoms with Gasteiger partial charge in [-0.3, -0.25) is 9.48 Å². The Labute approximate surface area is 213 Å². The van der Waals surface area contributed by atoms with Gasteiger partial charge in [0.05, 0.1) is 24.1 Å². The van der Waals surface area contributed by atoms with Crippen molar-refractivity contribution >= 4 is 34.8 Å². The summed E-state index contributed by atoms with van der Waals surface area (Å²) in [6, 6.07) is 7.42. The number of aromatic nitrogens is 5. The highest BCUT2D eigenvalue weighted by Gasteiger charge is 2.40. The lowest BCUT2D eigenvalue weighted by molar-refractivity contribution is 0.102. The number of oxazole rings is 1. The summed E-state index contributed by atoms with van der Waals surface area (Å²) in [6.07, 6.45) is 3.61. The number of likely N-dealkylation sites (tertiary alicyclic amines) is 1. The summed E-state index contributed by atoms with van der Waals surface area (Å²) >= 11 is 0. The van der Waals surface area contributed by atoms with Crippen LogP contribution < -0.4 is 15.5 Å². The summed E-state index contributed by atoms with van der Waals surface area (Å²) in [5.41, 5.74) is 2.79. The first-order valence-electron chi connectivity index (χ1n) is 12.3. The van der Waals surface area contributed by atoms with Gasteiger partial charge in [0, 0.05) is 57.6 Å². The molecule has 0 aromatic carbocycles. The number of rotatable bonds is 7. The minimum absolute atomic E-state index is 0.0544. The number of anilines is 3. The first-order chi connectivity index (χ1) is 18.0. The van der Waals surface area contributed by atoms with Gasteiger partial charge in [-0.05, 0) is 31.0 Å². The summed E-state index contributed by atoms with van der Waals surface area (Å²) in [7, 11) is 3.99. The van der Waals surface area contributed by atoms with Crippen molar-refractivity contribution in [3.05, 3.63) is 42.2 Å². The Kier molecular flexibility index (Phi) is 5.97. The number of carbonyl (C=O) groups is 1. The maximum Gasteiger partial charge on any atom is 0.297 e. The quantitative estimate of drug-likeness (QED) is 0.341. The molecule has 4 aromatic heterocycles.